The predicted molar refractivity (Wildman–Crippen MR) is 95.5 cm³/mol. The SMILES string of the molecule is Cc1cc(NC(=O)CN2CCC[C@H]2c2ccc3c(c2)OCCCO3)no1. The monoisotopic (exact) mass is 357 g/mol. The highest BCUT2D eigenvalue weighted by molar-refractivity contribution is 5.91. The van der Waals surface area contributed by atoms with Gasteiger partial charge in [0.1, 0.15) is 5.76 Å². The second kappa shape index (κ2) is 7.37. The number of amides is 1. The van der Waals surface area contributed by atoms with Crippen LogP contribution in [0.25, 0.3) is 0 Å². The van der Waals surface area contributed by atoms with Crippen LogP contribution in [0.4, 0.5) is 5.82 Å². The summed E-state index contributed by atoms with van der Waals surface area (Å²) in [6.45, 7) is 4.37. The molecule has 2 aliphatic heterocycles. The van der Waals surface area contributed by atoms with E-state index in [0.29, 0.717) is 31.3 Å². The Kier molecular flexibility index (Phi) is 4.79. The Labute approximate surface area is 152 Å². The molecule has 0 saturated carbocycles. The van der Waals surface area contributed by atoms with Gasteiger partial charge in [0.2, 0.25) is 5.91 Å². The average Bonchev–Trinajstić information content (AvgIpc) is 3.17. The minimum absolute atomic E-state index is 0.0838. The van der Waals surface area contributed by atoms with Crippen molar-refractivity contribution in [3.63, 3.8) is 0 Å². The number of benzene rings is 1. The number of nitrogens with zero attached hydrogens (tertiary/aromatic N) is 2. The topological polar surface area (TPSA) is 76.8 Å². The quantitative estimate of drug-likeness (QED) is 0.907. The molecule has 1 aromatic heterocycles. The molecule has 2 aromatic rings. The molecule has 26 heavy (non-hydrogen) atoms. The first kappa shape index (κ1) is 16.9. The predicted octanol–water partition coefficient (Wildman–Crippen LogP) is 2.92. The van der Waals surface area contributed by atoms with Crippen LogP contribution in [0, 0.1) is 6.92 Å². The van der Waals surface area contributed by atoms with Crippen molar-refractivity contribution in [1.82, 2.24) is 10.1 Å². The summed E-state index contributed by atoms with van der Waals surface area (Å²) in [6.07, 6.45) is 2.98. The van der Waals surface area contributed by atoms with Crippen molar-refractivity contribution in [3.8, 4) is 11.5 Å². The second-order valence-electron chi connectivity index (χ2n) is 6.76. The summed E-state index contributed by atoms with van der Waals surface area (Å²) in [5.41, 5.74) is 1.16. The maximum atomic E-state index is 12.4. The van der Waals surface area contributed by atoms with Crippen LogP contribution in [-0.2, 0) is 4.79 Å². The molecule has 0 aliphatic carbocycles. The van der Waals surface area contributed by atoms with Crippen LogP contribution in [0.15, 0.2) is 28.8 Å². The van der Waals surface area contributed by atoms with Gasteiger partial charge in [-0.3, -0.25) is 9.69 Å². The van der Waals surface area contributed by atoms with Crippen LogP contribution in [0.2, 0.25) is 0 Å². The van der Waals surface area contributed by atoms with Gasteiger partial charge in [-0.15, -0.1) is 0 Å². The van der Waals surface area contributed by atoms with E-state index < -0.39 is 0 Å². The van der Waals surface area contributed by atoms with Crippen LogP contribution in [0.3, 0.4) is 0 Å². The molecular weight excluding hydrogens is 334 g/mol. The third kappa shape index (κ3) is 3.67. The van der Waals surface area contributed by atoms with Crippen LogP contribution < -0.4 is 14.8 Å². The fraction of sp³-hybridized carbons (Fsp3) is 0.474. The lowest BCUT2D eigenvalue weighted by atomic mass is 10.0. The molecule has 0 radical (unpaired) electrons. The zero-order valence-electron chi connectivity index (χ0n) is 14.9. The Hall–Kier alpha value is -2.54. The van der Waals surface area contributed by atoms with Crippen LogP contribution >= 0.6 is 0 Å². The lowest BCUT2D eigenvalue weighted by Crippen LogP contribution is -2.33. The standard InChI is InChI=1S/C19H23N3O4/c1-13-10-18(21-26-13)20-19(23)12-22-7-2-4-15(22)14-5-6-16-17(11-14)25-9-3-8-24-16/h5-6,10-11,15H,2-4,7-9,12H2,1H3,(H,20,21,23)/t15-/m0/s1. The summed E-state index contributed by atoms with van der Waals surface area (Å²) >= 11 is 0. The Bertz CT molecular complexity index is 789. The molecule has 4 rings (SSSR count). The van der Waals surface area contributed by atoms with Crippen molar-refractivity contribution in [2.75, 3.05) is 31.6 Å². The maximum Gasteiger partial charge on any atom is 0.239 e. The second-order valence-corrected chi connectivity index (χ2v) is 6.76. The van der Waals surface area contributed by atoms with E-state index in [2.05, 4.69) is 27.5 Å². The Balaban J connectivity index is 1.44. The lowest BCUT2D eigenvalue weighted by Gasteiger charge is -2.24. The van der Waals surface area contributed by atoms with Crippen molar-refractivity contribution < 1.29 is 18.8 Å². The Morgan fingerprint density at radius 3 is 2.88 bits per heavy atom. The highest BCUT2D eigenvalue weighted by Crippen LogP contribution is 2.37. The molecule has 1 atom stereocenters. The van der Waals surface area contributed by atoms with E-state index in [-0.39, 0.29) is 11.9 Å². The highest BCUT2D eigenvalue weighted by atomic mass is 16.5. The Morgan fingerprint density at radius 2 is 2.08 bits per heavy atom. The summed E-state index contributed by atoms with van der Waals surface area (Å²) in [5, 5.41) is 6.60. The van der Waals surface area contributed by atoms with Gasteiger partial charge in [-0.05, 0) is 44.0 Å². The van der Waals surface area contributed by atoms with Gasteiger partial charge in [0.25, 0.3) is 0 Å². The molecule has 0 unspecified atom stereocenters. The molecular formula is C19H23N3O4. The molecule has 1 aromatic carbocycles. The van der Waals surface area contributed by atoms with Crippen molar-refractivity contribution >= 4 is 11.7 Å². The third-order valence-electron chi connectivity index (χ3n) is 4.76. The first-order valence-corrected chi connectivity index (χ1v) is 9.06. The van der Waals surface area contributed by atoms with Crippen LogP contribution in [0.5, 0.6) is 11.5 Å². The van der Waals surface area contributed by atoms with Crippen molar-refractivity contribution in [2.45, 2.75) is 32.2 Å². The number of carbonyl (C=O) groups is 1. The number of likely N-dealkylation sites (tertiary alicyclic amines) is 1. The molecule has 3 heterocycles. The van der Waals surface area contributed by atoms with E-state index in [1.807, 2.05) is 6.07 Å². The lowest BCUT2D eigenvalue weighted by molar-refractivity contribution is -0.117. The number of ether oxygens (including phenoxy) is 2. The van der Waals surface area contributed by atoms with E-state index in [9.17, 15) is 4.79 Å². The molecule has 0 bridgehead atoms. The molecule has 1 amide bonds. The van der Waals surface area contributed by atoms with E-state index in [1.54, 1.807) is 13.0 Å². The molecule has 1 N–H and O–H groups in total. The van der Waals surface area contributed by atoms with Crippen molar-refractivity contribution in [2.24, 2.45) is 0 Å². The molecule has 1 saturated heterocycles. The van der Waals surface area contributed by atoms with Gasteiger partial charge in [0, 0.05) is 18.5 Å². The van der Waals surface area contributed by atoms with Gasteiger partial charge >= 0.3 is 0 Å². The number of hydrogen-bond acceptors (Lipinski definition) is 6. The third-order valence-corrected chi connectivity index (χ3v) is 4.76. The van der Waals surface area contributed by atoms with Crippen molar-refractivity contribution in [3.05, 3.63) is 35.6 Å². The largest absolute Gasteiger partial charge is 0.490 e. The number of aryl methyl sites for hydroxylation is 1. The summed E-state index contributed by atoms with van der Waals surface area (Å²) in [6, 6.07) is 8.03. The van der Waals surface area contributed by atoms with Crippen LogP contribution in [-0.4, -0.2) is 42.3 Å². The molecule has 7 heteroatoms. The summed E-state index contributed by atoms with van der Waals surface area (Å²) < 4.78 is 16.5. The van der Waals surface area contributed by atoms with Gasteiger partial charge in [-0.1, -0.05) is 11.2 Å². The summed E-state index contributed by atoms with van der Waals surface area (Å²) in [7, 11) is 0. The van der Waals surface area contributed by atoms with Gasteiger partial charge in [-0.2, -0.15) is 0 Å². The number of anilines is 1. The van der Waals surface area contributed by atoms with E-state index in [1.165, 1.54) is 0 Å². The fourth-order valence-electron chi connectivity index (χ4n) is 3.57. The molecule has 7 nitrogen and oxygen atoms in total. The first-order valence-electron chi connectivity index (χ1n) is 9.06. The Morgan fingerprint density at radius 1 is 1.23 bits per heavy atom. The number of rotatable bonds is 4. The number of fused-ring (bicyclic) bond motifs is 1. The molecule has 1 fully saturated rings. The van der Waals surface area contributed by atoms with E-state index >= 15 is 0 Å². The molecule has 2 aliphatic rings. The average molecular weight is 357 g/mol. The molecule has 138 valence electrons. The van der Waals surface area contributed by atoms with Gasteiger partial charge in [0.05, 0.1) is 19.8 Å². The maximum absolute atomic E-state index is 12.4. The zero-order valence-corrected chi connectivity index (χ0v) is 14.9. The summed E-state index contributed by atoms with van der Waals surface area (Å²) in [4.78, 5) is 14.5. The minimum atomic E-state index is -0.0838. The van der Waals surface area contributed by atoms with Gasteiger partial charge in [0.15, 0.2) is 17.3 Å². The fourth-order valence-corrected chi connectivity index (χ4v) is 3.57. The number of carbonyl (C=O) groups excluding carboxylic acids is 1. The van der Waals surface area contributed by atoms with Gasteiger partial charge in [-0.25, -0.2) is 0 Å². The minimum Gasteiger partial charge on any atom is -0.490 e. The number of aromatic nitrogens is 1. The van der Waals surface area contributed by atoms with E-state index in [4.69, 9.17) is 14.0 Å². The van der Waals surface area contributed by atoms with Gasteiger partial charge < -0.3 is 19.3 Å². The summed E-state index contributed by atoms with van der Waals surface area (Å²) in [5.74, 6) is 2.65. The number of nitrogens with one attached hydrogen (secondary N) is 1. The highest BCUT2D eigenvalue weighted by Gasteiger charge is 2.28. The van der Waals surface area contributed by atoms with E-state index in [0.717, 1.165) is 42.9 Å². The normalized spacial score (nSPS) is 20.0. The first-order chi connectivity index (χ1) is 12.7. The van der Waals surface area contributed by atoms with Crippen LogP contribution in [0.1, 0.15) is 36.6 Å². The smallest absolute Gasteiger partial charge is 0.239 e. The number of hydrogen-bond donors (Lipinski definition) is 1. The zero-order chi connectivity index (χ0) is 17.9. The van der Waals surface area contributed by atoms with Crippen molar-refractivity contribution in [1.29, 1.82) is 0 Å². The molecule has 0 spiro atoms.